The molecule has 0 saturated heterocycles. The van der Waals surface area contributed by atoms with Gasteiger partial charge in [0, 0.05) is 19.7 Å². The number of hydrogen-bond donors (Lipinski definition) is 1. The number of likely N-dealkylation sites (N-methyl/N-ethyl adjacent to an activating group) is 1. The maximum atomic E-state index is 12.2. The molecule has 0 aliphatic rings. The molecule has 0 atom stereocenters. The second-order valence-electron chi connectivity index (χ2n) is 5.78. The number of nitrogens with zero attached hydrogens (tertiary/aromatic N) is 1. The van der Waals surface area contributed by atoms with Crippen molar-refractivity contribution in [3.63, 3.8) is 0 Å². The first-order chi connectivity index (χ1) is 12.0. The van der Waals surface area contributed by atoms with Crippen molar-refractivity contribution >= 4 is 17.9 Å². The number of carbonyl (C=O) groups excluding carboxylic acids is 2. The fourth-order valence-electron chi connectivity index (χ4n) is 2.25. The van der Waals surface area contributed by atoms with Crippen LogP contribution in [-0.4, -0.2) is 30.4 Å². The van der Waals surface area contributed by atoms with E-state index in [1.807, 2.05) is 31.2 Å². The molecule has 0 saturated carbocycles. The van der Waals surface area contributed by atoms with Crippen molar-refractivity contribution < 1.29 is 14.3 Å². The number of amides is 2. The number of primary amides is 1. The van der Waals surface area contributed by atoms with Gasteiger partial charge in [0.1, 0.15) is 5.75 Å². The predicted octanol–water partition coefficient (Wildman–Crippen LogP) is 2.53. The van der Waals surface area contributed by atoms with Gasteiger partial charge in [-0.05, 0) is 41.8 Å². The minimum Gasteiger partial charge on any atom is -0.484 e. The quantitative estimate of drug-likeness (QED) is 0.789. The zero-order valence-corrected chi connectivity index (χ0v) is 14.4. The summed E-state index contributed by atoms with van der Waals surface area (Å²) in [7, 11) is 1.78. The molecule has 0 aromatic heterocycles. The van der Waals surface area contributed by atoms with Gasteiger partial charge in [0.2, 0.25) is 5.91 Å². The van der Waals surface area contributed by atoms with Crippen LogP contribution in [0.25, 0.3) is 6.08 Å². The van der Waals surface area contributed by atoms with Gasteiger partial charge in [-0.1, -0.05) is 36.4 Å². The first-order valence-corrected chi connectivity index (χ1v) is 7.94. The number of hydrogen-bond acceptors (Lipinski definition) is 3. The van der Waals surface area contributed by atoms with Crippen LogP contribution in [-0.2, 0) is 16.1 Å². The molecule has 0 heterocycles. The molecule has 5 heteroatoms. The van der Waals surface area contributed by atoms with E-state index in [0.29, 0.717) is 12.3 Å². The molecule has 0 radical (unpaired) electrons. The topological polar surface area (TPSA) is 72.6 Å². The lowest BCUT2D eigenvalue weighted by molar-refractivity contribution is -0.125. The lowest BCUT2D eigenvalue weighted by Gasteiger charge is -2.16. The van der Waals surface area contributed by atoms with Gasteiger partial charge in [0.15, 0.2) is 6.61 Å². The second-order valence-corrected chi connectivity index (χ2v) is 5.78. The molecular weight excluding hydrogens is 316 g/mol. The lowest BCUT2D eigenvalue weighted by atomic mass is 10.1. The number of aryl methyl sites for hydroxylation is 1. The maximum absolute atomic E-state index is 12.2. The minimum absolute atomic E-state index is 0.0719. The Morgan fingerprint density at radius 2 is 1.80 bits per heavy atom. The summed E-state index contributed by atoms with van der Waals surface area (Å²) in [6.07, 6.45) is 3.28. The molecule has 0 aliphatic carbocycles. The molecule has 2 aromatic rings. The molecule has 2 aromatic carbocycles. The molecule has 2 N–H and O–H groups in total. The highest BCUT2D eigenvalue weighted by molar-refractivity contribution is 5.91. The SMILES string of the molecule is Cc1ccccc1CN(C)C(=O)C=Cc1ccc(OCC(N)=O)cc1. The van der Waals surface area contributed by atoms with Crippen LogP contribution in [0.2, 0.25) is 0 Å². The van der Waals surface area contributed by atoms with E-state index in [1.54, 1.807) is 42.3 Å². The van der Waals surface area contributed by atoms with Gasteiger partial charge >= 0.3 is 0 Å². The van der Waals surface area contributed by atoms with Gasteiger partial charge in [-0.3, -0.25) is 9.59 Å². The molecule has 0 fully saturated rings. The molecule has 5 nitrogen and oxygen atoms in total. The van der Waals surface area contributed by atoms with Gasteiger partial charge in [0.05, 0.1) is 0 Å². The molecule has 2 amide bonds. The van der Waals surface area contributed by atoms with E-state index in [0.717, 1.165) is 16.7 Å². The minimum atomic E-state index is -0.522. The fraction of sp³-hybridized carbons (Fsp3) is 0.200. The average Bonchev–Trinajstić information content (AvgIpc) is 2.60. The monoisotopic (exact) mass is 338 g/mol. The van der Waals surface area contributed by atoms with Crippen LogP contribution < -0.4 is 10.5 Å². The highest BCUT2D eigenvalue weighted by Gasteiger charge is 2.07. The summed E-state index contributed by atoms with van der Waals surface area (Å²) in [5, 5.41) is 0. The standard InChI is InChI=1S/C20H22N2O3/c1-15-5-3-4-6-17(15)13-22(2)20(24)12-9-16-7-10-18(11-8-16)25-14-19(21)23/h3-12H,13-14H2,1-2H3,(H2,21,23). The lowest BCUT2D eigenvalue weighted by Crippen LogP contribution is -2.24. The van der Waals surface area contributed by atoms with E-state index in [2.05, 4.69) is 0 Å². The molecule has 0 unspecified atom stereocenters. The Labute approximate surface area is 147 Å². The summed E-state index contributed by atoms with van der Waals surface area (Å²) in [5.41, 5.74) is 8.18. The van der Waals surface area contributed by atoms with Crippen LogP contribution in [0.5, 0.6) is 5.75 Å². The summed E-state index contributed by atoms with van der Waals surface area (Å²) in [6.45, 7) is 2.44. The van der Waals surface area contributed by atoms with Crippen molar-refractivity contribution in [2.75, 3.05) is 13.7 Å². The Hall–Kier alpha value is -3.08. The fourth-order valence-corrected chi connectivity index (χ4v) is 2.25. The summed E-state index contributed by atoms with van der Waals surface area (Å²) in [4.78, 5) is 24.6. The Morgan fingerprint density at radius 3 is 2.44 bits per heavy atom. The van der Waals surface area contributed by atoms with Gasteiger partial charge in [-0.15, -0.1) is 0 Å². The van der Waals surface area contributed by atoms with Crippen molar-refractivity contribution in [1.29, 1.82) is 0 Å². The number of rotatable bonds is 7. The molecule has 2 rings (SSSR count). The van der Waals surface area contributed by atoms with Crippen LogP contribution >= 0.6 is 0 Å². The zero-order valence-electron chi connectivity index (χ0n) is 14.4. The van der Waals surface area contributed by atoms with E-state index in [9.17, 15) is 9.59 Å². The Bertz CT molecular complexity index is 767. The first-order valence-electron chi connectivity index (χ1n) is 7.94. The third-order valence-corrected chi connectivity index (χ3v) is 3.72. The van der Waals surface area contributed by atoms with E-state index in [-0.39, 0.29) is 12.5 Å². The van der Waals surface area contributed by atoms with Crippen LogP contribution in [0.1, 0.15) is 16.7 Å². The summed E-state index contributed by atoms with van der Waals surface area (Å²) >= 11 is 0. The Kier molecular flexibility index (Phi) is 6.34. The molecule has 25 heavy (non-hydrogen) atoms. The highest BCUT2D eigenvalue weighted by atomic mass is 16.5. The first kappa shape index (κ1) is 18.3. The predicted molar refractivity (Wildman–Crippen MR) is 97.8 cm³/mol. The Morgan fingerprint density at radius 1 is 1.12 bits per heavy atom. The van der Waals surface area contributed by atoms with Crippen molar-refractivity contribution in [2.45, 2.75) is 13.5 Å². The molecule has 0 bridgehead atoms. The van der Waals surface area contributed by atoms with E-state index < -0.39 is 5.91 Å². The van der Waals surface area contributed by atoms with Gasteiger partial charge in [0.25, 0.3) is 5.91 Å². The summed E-state index contributed by atoms with van der Waals surface area (Å²) in [5.74, 6) is -0.0393. The van der Waals surface area contributed by atoms with Crippen LogP contribution in [0, 0.1) is 6.92 Å². The van der Waals surface area contributed by atoms with Gasteiger partial charge in [-0.25, -0.2) is 0 Å². The third-order valence-electron chi connectivity index (χ3n) is 3.72. The normalized spacial score (nSPS) is 10.6. The average molecular weight is 338 g/mol. The number of carbonyl (C=O) groups is 2. The highest BCUT2D eigenvalue weighted by Crippen LogP contribution is 2.14. The van der Waals surface area contributed by atoms with Gasteiger partial charge in [-0.2, -0.15) is 0 Å². The van der Waals surface area contributed by atoms with Gasteiger partial charge < -0.3 is 15.4 Å². The maximum Gasteiger partial charge on any atom is 0.255 e. The largest absolute Gasteiger partial charge is 0.484 e. The smallest absolute Gasteiger partial charge is 0.255 e. The molecule has 130 valence electrons. The van der Waals surface area contributed by atoms with Crippen LogP contribution in [0.15, 0.2) is 54.6 Å². The summed E-state index contributed by atoms with van der Waals surface area (Å²) < 4.78 is 5.19. The molecule has 0 aliphatic heterocycles. The third kappa shape index (κ3) is 5.80. The number of benzene rings is 2. The van der Waals surface area contributed by atoms with E-state index >= 15 is 0 Å². The van der Waals surface area contributed by atoms with Crippen molar-refractivity contribution in [3.05, 3.63) is 71.3 Å². The van der Waals surface area contributed by atoms with Crippen LogP contribution in [0.4, 0.5) is 0 Å². The molecular formula is C20H22N2O3. The van der Waals surface area contributed by atoms with Crippen LogP contribution in [0.3, 0.4) is 0 Å². The number of ether oxygens (including phenoxy) is 1. The number of nitrogens with two attached hydrogens (primary N) is 1. The Balaban J connectivity index is 1.92. The second kappa shape index (κ2) is 8.68. The van der Waals surface area contributed by atoms with Crippen molar-refractivity contribution in [3.8, 4) is 5.75 Å². The van der Waals surface area contributed by atoms with E-state index in [1.165, 1.54) is 6.08 Å². The van der Waals surface area contributed by atoms with Crippen molar-refractivity contribution in [2.24, 2.45) is 5.73 Å². The van der Waals surface area contributed by atoms with E-state index in [4.69, 9.17) is 10.5 Å². The zero-order chi connectivity index (χ0) is 18.2. The molecule has 0 spiro atoms. The summed E-state index contributed by atoms with van der Waals surface area (Å²) in [6, 6.07) is 15.1. The van der Waals surface area contributed by atoms with Crippen molar-refractivity contribution in [1.82, 2.24) is 4.90 Å².